The summed E-state index contributed by atoms with van der Waals surface area (Å²) in [6, 6.07) is 7.32. The first-order valence-corrected chi connectivity index (χ1v) is 6.67. The molecule has 0 radical (unpaired) electrons. The van der Waals surface area contributed by atoms with Crippen molar-refractivity contribution in [2.24, 2.45) is 0 Å². The molecule has 0 saturated carbocycles. The monoisotopic (exact) mass is 285 g/mol. The molecule has 0 aromatic heterocycles. The molecule has 0 spiro atoms. The number of carbonyl (C=O) groups excluding carboxylic acids is 1. The van der Waals surface area contributed by atoms with Gasteiger partial charge in [-0.05, 0) is 25.5 Å². The van der Waals surface area contributed by atoms with Crippen LogP contribution < -0.4 is 10.1 Å². The van der Waals surface area contributed by atoms with Crippen LogP contribution in [-0.4, -0.2) is 32.3 Å². The van der Waals surface area contributed by atoms with Crippen LogP contribution >= 0.6 is 11.6 Å². The van der Waals surface area contributed by atoms with E-state index in [-0.39, 0.29) is 11.9 Å². The third kappa shape index (κ3) is 6.45. The van der Waals surface area contributed by atoms with Gasteiger partial charge in [-0.1, -0.05) is 23.7 Å². The van der Waals surface area contributed by atoms with Crippen LogP contribution in [0.5, 0.6) is 5.75 Å². The Bertz CT molecular complexity index is 398. The zero-order chi connectivity index (χ0) is 14.1. The van der Waals surface area contributed by atoms with E-state index in [1.807, 2.05) is 25.1 Å². The van der Waals surface area contributed by atoms with E-state index in [1.165, 1.54) is 0 Å². The van der Waals surface area contributed by atoms with E-state index in [0.29, 0.717) is 36.8 Å². The van der Waals surface area contributed by atoms with Crippen molar-refractivity contribution in [2.75, 3.05) is 20.3 Å². The Hall–Kier alpha value is -1.26. The molecule has 0 aliphatic carbocycles. The number of ether oxygens (including phenoxy) is 2. The van der Waals surface area contributed by atoms with Crippen molar-refractivity contribution < 1.29 is 14.3 Å². The molecule has 106 valence electrons. The van der Waals surface area contributed by atoms with Gasteiger partial charge in [0.15, 0.2) is 0 Å². The fourth-order valence-electron chi connectivity index (χ4n) is 1.62. The predicted octanol–water partition coefficient (Wildman–Crippen LogP) is 2.65. The van der Waals surface area contributed by atoms with Crippen LogP contribution in [0.3, 0.4) is 0 Å². The molecule has 0 unspecified atom stereocenters. The van der Waals surface area contributed by atoms with Crippen molar-refractivity contribution in [3.63, 3.8) is 0 Å². The second kappa shape index (κ2) is 8.77. The lowest BCUT2D eigenvalue weighted by atomic mass is 10.2. The van der Waals surface area contributed by atoms with E-state index in [9.17, 15) is 4.79 Å². The number of nitrogens with one attached hydrogen (secondary N) is 1. The Morgan fingerprint density at radius 3 is 2.84 bits per heavy atom. The average Bonchev–Trinajstić information content (AvgIpc) is 2.36. The van der Waals surface area contributed by atoms with Gasteiger partial charge in [0.05, 0.1) is 18.2 Å². The summed E-state index contributed by atoms with van der Waals surface area (Å²) in [4.78, 5) is 11.6. The zero-order valence-electron chi connectivity index (χ0n) is 11.3. The Morgan fingerprint density at radius 1 is 1.42 bits per heavy atom. The fraction of sp³-hybridized carbons (Fsp3) is 0.500. The number of hydrogen-bond donors (Lipinski definition) is 1. The van der Waals surface area contributed by atoms with Crippen LogP contribution in [0.25, 0.3) is 0 Å². The highest BCUT2D eigenvalue weighted by Gasteiger charge is 2.07. The van der Waals surface area contributed by atoms with Gasteiger partial charge in [-0.25, -0.2) is 0 Å². The molecule has 4 nitrogen and oxygen atoms in total. The number of para-hydroxylation sites is 1. The van der Waals surface area contributed by atoms with E-state index in [0.717, 1.165) is 0 Å². The summed E-state index contributed by atoms with van der Waals surface area (Å²) in [5.41, 5.74) is 0. The van der Waals surface area contributed by atoms with Gasteiger partial charge >= 0.3 is 0 Å². The quantitative estimate of drug-likeness (QED) is 0.747. The molecule has 1 amide bonds. The Labute approximate surface area is 119 Å². The van der Waals surface area contributed by atoms with Gasteiger partial charge in [0.25, 0.3) is 0 Å². The molecule has 19 heavy (non-hydrogen) atoms. The number of halogens is 1. The number of benzene rings is 1. The van der Waals surface area contributed by atoms with Gasteiger partial charge in [-0.2, -0.15) is 0 Å². The number of rotatable bonds is 8. The van der Waals surface area contributed by atoms with E-state index in [4.69, 9.17) is 21.1 Å². The van der Waals surface area contributed by atoms with Crippen molar-refractivity contribution >= 4 is 17.5 Å². The lowest BCUT2D eigenvalue weighted by Gasteiger charge is -2.12. The Morgan fingerprint density at radius 2 is 2.16 bits per heavy atom. The minimum atomic E-state index is 0.00677. The van der Waals surface area contributed by atoms with Crippen LogP contribution in [0.2, 0.25) is 5.02 Å². The number of methoxy groups -OCH3 is 1. The molecule has 0 fully saturated rings. The summed E-state index contributed by atoms with van der Waals surface area (Å²) >= 11 is 5.95. The Kier molecular flexibility index (Phi) is 7.30. The van der Waals surface area contributed by atoms with Gasteiger partial charge in [0.1, 0.15) is 5.75 Å². The summed E-state index contributed by atoms with van der Waals surface area (Å²) in [6.45, 7) is 2.89. The standard InChI is InChI=1S/C14H20ClNO3/c1-11(10-18-2)16-14(17)8-5-9-19-13-7-4-3-6-12(13)15/h3-4,6-7,11H,5,8-10H2,1-2H3,(H,16,17)/t11-/m0/s1. The van der Waals surface area contributed by atoms with Crippen LogP contribution in [0.4, 0.5) is 0 Å². The van der Waals surface area contributed by atoms with Gasteiger partial charge in [-0.3, -0.25) is 4.79 Å². The molecular weight excluding hydrogens is 266 g/mol. The molecule has 0 bridgehead atoms. The molecule has 5 heteroatoms. The van der Waals surface area contributed by atoms with E-state index in [1.54, 1.807) is 13.2 Å². The maximum Gasteiger partial charge on any atom is 0.220 e. The summed E-state index contributed by atoms with van der Waals surface area (Å²) in [7, 11) is 1.61. The lowest BCUT2D eigenvalue weighted by molar-refractivity contribution is -0.122. The maximum atomic E-state index is 11.6. The van der Waals surface area contributed by atoms with Crippen LogP contribution in [0.1, 0.15) is 19.8 Å². The number of carbonyl (C=O) groups is 1. The van der Waals surface area contributed by atoms with Crippen molar-refractivity contribution in [1.82, 2.24) is 5.32 Å². The molecule has 1 rings (SSSR count). The minimum Gasteiger partial charge on any atom is -0.492 e. The summed E-state index contributed by atoms with van der Waals surface area (Å²) in [6.07, 6.45) is 1.08. The summed E-state index contributed by atoms with van der Waals surface area (Å²) < 4.78 is 10.5. The third-order valence-corrected chi connectivity index (χ3v) is 2.78. The summed E-state index contributed by atoms with van der Waals surface area (Å²) in [5, 5.41) is 3.43. The van der Waals surface area contributed by atoms with E-state index >= 15 is 0 Å². The first kappa shape index (κ1) is 15.8. The highest BCUT2D eigenvalue weighted by molar-refractivity contribution is 6.32. The first-order chi connectivity index (χ1) is 9.13. The van der Waals surface area contributed by atoms with Crippen LogP contribution in [-0.2, 0) is 9.53 Å². The Balaban J connectivity index is 2.17. The van der Waals surface area contributed by atoms with Gasteiger partial charge < -0.3 is 14.8 Å². The highest BCUT2D eigenvalue weighted by Crippen LogP contribution is 2.23. The fourth-order valence-corrected chi connectivity index (χ4v) is 1.81. The maximum absolute atomic E-state index is 11.6. The van der Waals surface area contributed by atoms with E-state index < -0.39 is 0 Å². The number of hydrogen-bond acceptors (Lipinski definition) is 3. The molecule has 1 aromatic carbocycles. The SMILES string of the molecule is COC[C@H](C)NC(=O)CCCOc1ccccc1Cl. The molecular formula is C14H20ClNO3. The second-order valence-corrected chi connectivity index (χ2v) is 4.71. The van der Waals surface area contributed by atoms with Gasteiger partial charge in [0, 0.05) is 19.6 Å². The molecule has 0 heterocycles. The largest absolute Gasteiger partial charge is 0.492 e. The highest BCUT2D eigenvalue weighted by atomic mass is 35.5. The van der Waals surface area contributed by atoms with Crippen molar-refractivity contribution in [3.8, 4) is 5.75 Å². The molecule has 0 aliphatic rings. The van der Waals surface area contributed by atoms with Crippen LogP contribution in [0, 0.1) is 0 Å². The van der Waals surface area contributed by atoms with Crippen molar-refractivity contribution in [2.45, 2.75) is 25.8 Å². The van der Waals surface area contributed by atoms with Gasteiger partial charge in [-0.15, -0.1) is 0 Å². The van der Waals surface area contributed by atoms with Crippen LogP contribution in [0.15, 0.2) is 24.3 Å². The topological polar surface area (TPSA) is 47.6 Å². The molecule has 1 atom stereocenters. The van der Waals surface area contributed by atoms with E-state index in [2.05, 4.69) is 5.32 Å². The number of amides is 1. The normalized spacial score (nSPS) is 11.9. The first-order valence-electron chi connectivity index (χ1n) is 6.29. The lowest BCUT2D eigenvalue weighted by Crippen LogP contribution is -2.35. The molecule has 0 saturated heterocycles. The molecule has 0 aliphatic heterocycles. The molecule has 1 N–H and O–H groups in total. The van der Waals surface area contributed by atoms with Gasteiger partial charge in [0.2, 0.25) is 5.91 Å². The second-order valence-electron chi connectivity index (χ2n) is 4.31. The predicted molar refractivity (Wildman–Crippen MR) is 75.7 cm³/mol. The smallest absolute Gasteiger partial charge is 0.220 e. The minimum absolute atomic E-state index is 0.00677. The molecule has 1 aromatic rings. The van der Waals surface area contributed by atoms with Crippen molar-refractivity contribution in [1.29, 1.82) is 0 Å². The third-order valence-electron chi connectivity index (χ3n) is 2.47. The summed E-state index contributed by atoms with van der Waals surface area (Å²) in [5.74, 6) is 0.657. The average molecular weight is 286 g/mol. The zero-order valence-corrected chi connectivity index (χ0v) is 12.1. The van der Waals surface area contributed by atoms with Crippen molar-refractivity contribution in [3.05, 3.63) is 29.3 Å².